The molecular weight excluding hydrogens is 316 g/mol. The van der Waals surface area contributed by atoms with Gasteiger partial charge in [-0.2, -0.15) is 5.10 Å². The lowest BCUT2D eigenvalue weighted by Crippen LogP contribution is -2.23. The summed E-state index contributed by atoms with van der Waals surface area (Å²) in [4.78, 5) is 11.4. The number of aryl methyl sites for hydroxylation is 2. The fourth-order valence-corrected chi connectivity index (χ4v) is 3.18. The molecule has 0 spiro atoms. The second kappa shape index (κ2) is 5.17. The van der Waals surface area contributed by atoms with E-state index in [0.717, 1.165) is 22.1 Å². The molecule has 0 atom stereocenters. The number of hydrogen-bond donors (Lipinski definition) is 0. The topological polar surface area (TPSA) is 34.9 Å². The monoisotopic (exact) mass is 334 g/mol. The Labute approximate surface area is 128 Å². The Hall–Kier alpha value is -1.42. The number of nitrogens with zero attached hydrogens (tertiary/aromatic N) is 2. The van der Waals surface area contributed by atoms with Crippen molar-refractivity contribution in [2.45, 2.75) is 40.2 Å². The fraction of sp³-hybridized carbons (Fsp3) is 0.375. The standard InChI is InChI=1S/C16H19BrN2O/c1-10-6-11(2)8-12(7-10)14-13(9-20)15(17)19(18-14)16(3,4)5/h6-9H,1-5H3. The maximum atomic E-state index is 11.4. The van der Waals surface area contributed by atoms with Crippen molar-refractivity contribution in [3.63, 3.8) is 0 Å². The first-order valence-corrected chi connectivity index (χ1v) is 7.36. The quantitative estimate of drug-likeness (QED) is 0.758. The Morgan fingerprint density at radius 2 is 1.70 bits per heavy atom. The van der Waals surface area contributed by atoms with E-state index >= 15 is 0 Å². The van der Waals surface area contributed by atoms with E-state index in [0.29, 0.717) is 5.56 Å². The van der Waals surface area contributed by atoms with E-state index in [9.17, 15) is 4.79 Å². The molecule has 106 valence electrons. The number of carbonyl (C=O) groups is 1. The lowest BCUT2D eigenvalue weighted by molar-refractivity contribution is 0.112. The fourth-order valence-electron chi connectivity index (χ4n) is 2.28. The van der Waals surface area contributed by atoms with Crippen LogP contribution in [0.15, 0.2) is 22.8 Å². The Bertz CT molecular complexity index is 646. The summed E-state index contributed by atoms with van der Waals surface area (Å²) < 4.78 is 2.58. The van der Waals surface area contributed by atoms with E-state index in [2.05, 4.69) is 60.0 Å². The first-order chi connectivity index (χ1) is 9.24. The van der Waals surface area contributed by atoms with Crippen LogP contribution in [0, 0.1) is 13.8 Å². The maximum Gasteiger partial charge on any atom is 0.155 e. The van der Waals surface area contributed by atoms with Crippen molar-refractivity contribution in [2.75, 3.05) is 0 Å². The lowest BCUT2D eigenvalue weighted by atomic mass is 10.0. The molecule has 1 aromatic carbocycles. The zero-order valence-electron chi connectivity index (χ0n) is 12.5. The highest BCUT2D eigenvalue weighted by atomic mass is 79.9. The number of benzene rings is 1. The number of hydrogen-bond acceptors (Lipinski definition) is 2. The average molecular weight is 335 g/mol. The van der Waals surface area contributed by atoms with Crippen LogP contribution in [0.1, 0.15) is 42.3 Å². The van der Waals surface area contributed by atoms with Gasteiger partial charge in [0.25, 0.3) is 0 Å². The minimum absolute atomic E-state index is 0.187. The largest absolute Gasteiger partial charge is 0.298 e. The first-order valence-electron chi connectivity index (χ1n) is 6.57. The van der Waals surface area contributed by atoms with Crippen LogP contribution >= 0.6 is 15.9 Å². The summed E-state index contributed by atoms with van der Waals surface area (Å²) in [7, 11) is 0. The van der Waals surface area contributed by atoms with Gasteiger partial charge in [-0.25, -0.2) is 0 Å². The van der Waals surface area contributed by atoms with Crippen molar-refractivity contribution < 1.29 is 4.79 Å². The molecule has 0 saturated carbocycles. The van der Waals surface area contributed by atoms with Crippen molar-refractivity contribution in [1.82, 2.24) is 9.78 Å². The van der Waals surface area contributed by atoms with E-state index < -0.39 is 0 Å². The molecular formula is C16H19BrN2O. The number of aldehydes is 1. The van der Waals surface area contributed by atoms with Crippen LogP contribution in [0.5, 0.6) is 0 Å². The zero-order chi connectivity index (χ0) is 15.1. The van der Waals surface area contributed by atoms with Gasteiger partial charge in [0.2, 0.25) is 0 Å². The summed E-state index contributed by atoms with van der Waals surface area (Å²) in [6, 6.07) is 6.23. The predicted molar refractivity (Wildman–Crippen MR) is 85.2 cm³/mol. The minimum Gasteiger partial charge on any atom is -0.298 e. The van der Waals surface area contributed by atoms with Crippen LogP contribution in [0.25, 0.3) is 11.3 Å². The third kappa shape index (κ3) is 2.70. The number of halogens is 1. The molecule has 3 nitrogen and oxygen atoms in total. The molecule has 0 aliphatic carbocycles. The van der Waals surface area contributed by atoms with E-state index in [1.807, 2.05) is 18.5 Å². The molecule has 20 heavy (non-hydrogen) atoms. The summed E-state index contributed by atoms with van der Waals surface area (Å²) in [6.07, 6.45) is 0.867. The molecule has 2 aromatic rings. The summed E-state index contributed by atoms with van der Waals surface area (Å²) in [5.74, 6) is 0. The second-order valence-corrected chi connectivity index (χ2v) is 6.88. The molecule has 4 heteroatoms. The third-order valence-corrected chi connectivity index (χ3v) is 3.87. The molecule has 0 amide bonds. The summed E-state index contributed by atoms with van der Waals surface area (Å²) >= 11 is 3.50. The van der Waals surface area contributed by atoms with Crippen LogP contribution in [-0.4, -0.2) is 16.1 Å². The summed E-state index contributed by atoms with van der Waals surface area (Å²) in [6.45, 7) is 10.3. The highest BCUT2D eigenvalue weighted by molar-refractivity contribution is 9.10. The second-order valence-electron chi connectivity index (χ2n) is 6.13. The van der Waals surface area contributed by atoms with Gasteiger partial charge in [0, 0.05) is 5.56 Å². The van der Waals surface area contributed by atoms with E-state index in [-0.39, 0.29) is 5.54 Å². The molecule has 2 rings (SSSR count). The molecule has 0 saturated heterocycles. The summed E-state index contributed by atoms with van der Waals surface area (Å²) in [5, 5.41) is 4.64. The van der Waals surface area contributed by atoms with Crippen LogP contribution in [0.2, 0.25) is 0 Å². The molecule has 0 aliphatic heterocycles. The van der Waals surface area contributed by atoms with E-state index in [1.165, 1.54) is 11.1 Å². The van der Waals surface area contributed by atoms with Gasteiger partial charge in [0.05, 0.1) is 11.1 Å². The van der Waals surface area contributed by atoms with Crippen molar-refractivity contribution >= 4 is 22.2 Å². The van der Waals surface area contributed by atoms with Crippen molar-refractivity contribution in [1.29, 1.82) is 0 Å². The Morgan fingerprint density at radius 3 is 2.15 bits per heavy atom. The highest BCUT2D eigenvalue weighted by Gasteiger charge is 2.24. The van der Waals surface area contributed by atoms with E-state index in [4.69, 9.17) is 0 Å². The zero-order valence-corrected chi connectivity index (χ0v) is 14.1. The van der Waals surface area contributed by atoms with E-state index in [1.54, 1.807) is 0 Å². The van der Waals surface area contributed by atoms with Gasteiger partial charge >= 0.3 is 0 Å². The molecule has 0 radical (unpaired) electrons. The van der Waals surface area contributed by atoms with Crippen molar-refractivity contribution in [2.24, 2.45) is 0 Å². The highest BCUT2D eigenvalue weighted by Crippen LogP contribution is 2.32. The van der Waals surface area contributed by atoms with Gasteiger partial charge in [0.15, 0.2) is 6.29 Å². The normalized spacial score (nSPS) is 11.7. The van der Waals surface area contributed by atoms with Gasteiger partial charge in [-0.1, -0.05) is 17.2 Å². The Balaban J connectivity index is 2.71. The summed E-state index contributed by atoms with van der Waals surface area (Å²) in [5.41, 5.74) is 4.46. The maximum absolute atomic E-state index is 11.4. The Morgan fingerprint density at radius 1 is 1.15 bits per heavy atom. The van der Waals surface area contributed by atoms with Crippen LogP contribution in [0.3, 0.4) is 0 Å². The first kappa shape index (κ1) is 15.0. The number of aromatic nitrogens is 2. The molecule has 0 bridgehead atoms. The number of rotatable bonds is 2. The molecule has 1 heterocycles. The molecule has 0 aliphatic rings. The minimum atomic E-state index is -0.187. The van der Waals surface area contributed by atoms with Crippen molar-refractivity contribution in [3.05, 3.63) is 39.5 Å². The Kier molecular flexibility index (Phi) is 3.87. The third-order valence-electron chi connectivity index (χ3n) is 3.11. The van der Waals surface area contributed by atoms with Crippen LogP contribution in [0.4, 0.5) is 0 Å². The lowest BCUT2D eigenvalue weighted by Gasteiger charge is -2.20. The van der Waals surface area contributed by atoms with Crippen LogP contribution in [-0.2, 0) is 5.54 Å². The van der Waals surface area contributed by atoms with Gasteiger partial charge in [-0.15, -0.1) is 0 Å². The predicted octanol–water partition coefficient (Wildman–Crippen LogP) is 4.50. The SMILES string of the molecule is Cc1cc(C)cc(-c2nn(C(C)(C)C)c(Br)c2C=O)c1. The molecule has 0 unspecified atom stereocenters. The van der Waals surface area contributed by atoms with Gasteiger partial charge in [-0.05, 0) is 62.7 Å². The van der Waals surface area contributed by atoms with Gasteiger partial charge in [-0.3, -0.25) is 9.48 Å². The smallest absolute Gasteiger partial charge is 0.155 e. The molecule has 0 N–H and O–H groups in total. The average Bonchev–Trinajstić information content (AvgIpc) is 2.64. The molecule has 1 aromatic heterocycles. The van der Waals surface area contributed by atoms with Gasteiger partial charge < -0.3 is 0 Å². The van der Waals surface area contributed by atoms with Crippen molar-refractivity contribution in [3.8, 4) is 11.3 Å². The van der Waals surface area contributed by atoms with Gasteiger partial charge in [0.1, 0.15) is 10.3 Å². The number of carbonyl (C=O) groups excluding carboxylic acids is 1. The van der Waals surface area contributed by atoms with Crippen LogP contribution < -0.4 is 0 Å². The molecule has 0 fully saturated rings.